The lowest BCUT2D eigenvalue weighted by atomic mass is 10.1. The maximum atomic E-state index is 13.1. The molecule has 0 bridgehead atoms. The summed E-state index contributed by atoms with van der Waals surface area (Å²) in [7, 11) is 0. The minimum Gasteiger partial charge on any atom is -0.331 e. The molecule has 2 saturated carbocycles. The molecule has 1 aliphatic heterocycles. The van der Waals surface area contributed by atoms with Gasteiger partial charge in [0.15, 0.2) is 5.69 Å². The molecule has 2 heterocycles. The number of aromatic nitrogens is 3. The summed E-state index contributed by atoms with van der Waals surface area (Å²) in [5.41, 5.74) is 1.51. The van der Waals surface area contributed by atoms with Crippen molar-refractivity contribution >= 4 is 18.3 Å². The van der Waals surface area contributed by atoms with Crippen molar-refractivity contribution < 1.29 is 4.79 Å². The summed E-state index contributed by atoms with van der Waals surface area (Å²) in [6, 6.07) is 1.15. The molecule has 24 heavy (non-hydrogen) atoms. The van der Waals surface area contributed by atoms with Crippen molar-refractivity contribution in [1.82, 2.24) is 25.2 Å². The van der Waals surface area contributed by atoms with Gasteiger partial charge < -0.3 is 10.2 Å². The van der Waals surface area contributed by atoms with E-state index in [-0.39, 0.29) is 18.3 Å². The molecular formula is C17H28ClN5O. The first-order valence-electron chi connectivity index (χ1n) is 9.12. The Morgan fingerprint density at radius 2 is 1.88 bits per heavy atom. The standard InChI is InChI=1S/C17H27N5O.ClH/c1-11(13-3-4-13)21(14-5-6-14)17(23)16-12(2)22(20-19-16)15-7-9-18-10-8-15;/h11,13-15,18H,3-10H2,1-2H3;1H. The molecule has 6 nitrogen and oxygen atoms in total. The number of nitrogens with zero attached hydrogens (tertiary/aromatic N) is 4. The number of hydrogen-bond donors (Lipinski definition) is 1. The zero-order valence-corrected chi connectivity index (χ0v) is 15.4. The van der Waals surface area contributed by atoms with E-state index in [0.717, 1.165) is 44.5 Å². The minimum absolute atomic E-state index is 0. The van der Waals surface area contributed by atoms with E-state index in [1.807, 2.05) is 11.6 Å². The van der Waals surface area contributed by atoms with Gasteiger partial charge in [0.05, 0.1) is 11.7 Å². The van der Waals surface area contributed by atoms with Gasteiger partial charge in [-0.25, -0.2) is 4.68 Å². The van der Waals surface area contributed by atoms with Crippen LogP contribution in [0.3, 0.4) is 0 Å². The number of carbonyl (C=O) groups is 1. The van der Waals surface area contributed by atoms with Gasteiger partial charge >= 0.3 is 0 Å². The van der Waals surface area contributed by atoms with Crippen molar-refractivity contribution in [2.45, 2.75) is 70.5 Å². The van der Waals surface area contributed by atoms with Gasteiger partial charge in [-0.15, -0.1) is 17.5 Å². The van der Waals surface area contributed by atoms with Crippen molar-refractivity contribution in [3.8, 4) is 0 Å². The van der Waals surface area contributed by atoms with Crippen LogP contribution in [-0.2, 0) is 0 Å². The van der Waals surface area contributed by atoms with Gasteiger partial charge in [-0.2, -0.15) is 0 Å². The zero-order valence-electron chi connectivity index (χ0n) is 14.6. The van der Waals surface area contributed by atoms with Crippen molar-refractivity contribution in [2.24, 2.45) is 5.92 Å². The second kappa shape index (κ2) is 7.00. The number of halogens is 1. The van der Waals surface area contributed by atoms with E-state index in [0.29, 0.717) is 29.7 Å². The van der Waals surface area contributed by atoms with Crippen LogP contribution < -0.4 is 5.32 Å². The number of carbonyl (C=O) groups excluding carboxylic acids is 1. The van der Waals surface area contributed by atoms with Gasteiger partial charge in [0.1, 0.15) is 0 Å². The molecule has 1 aromatic heterocycles. The van der Waals surface area contributed by atoms with Crippen LogP contribution in [-0.4, -0.2) is 51.0 Å². The lowest BCUT2D eigenvalue weighted by molar-refractivity contribution is 0.0647. The first kappa shape index (κ1) is 17.7. The van der Waals surface area contributed by atoms with Gasteiger partial charge in [-0.1, -0.05) is 5.21 Å². The molecule has 1 N–H and O–H groups in total. The summed E-state index contributed by atoms with van der Waals surface area (Å²) in [4.78, 5) is 15.2. The van der Waals surface area contributed by atoms with Crippen LogP contribution >= 0.6 is 12.4 Å². The average Bonchev–Trinajstić information content (AvgIpc) is 3.46. The van der Waals surface area contributed by atoms with Gasteiger partial charge in [0, 0.05) is 12.1 Å². The Kier molecular flexibility index (Phi) is 5.16. The van der Waals surface area contributed by atoms with E-state index in [2.05, 4.69) is 27.5 Å². The van der Waals surface area contributed by atoms with E-state index < -0.39 is 0 Å². The molecule has 0 spiro atoms. The molecule has 1 unspecified atom stereocenters. The summed E-state index contributed by atoms with van der Waals surface area (Å²) in [5.74, 6) is 0.795. The molecule has 3 aliphatic rings. The van der Waals surface area contributed by atoms with Gasteiger partial charge in [0.25, 0.3) is 5.91 Å². The van der Waals surface area contributed by atoms with Gasteiger partial charge in [-0.05, 0) is 71.4 Å². The van der Waals surface area contributed by atoms with Crippen LogP contribution in [0.25, 0.3) is 0 Å². The fourth-order valence-electron chi connectivity index (χ4n) is 3.90. The molecule has 7 heteroatoms. The van der Waals surface area contributed by atoms with Crippen molar-refractivity contribution in [3.05, 3.63) is 11.4 Å². The van der Waals surface area contributed by atoms with E-state index in [1.165, 1.54) is 12.8 Å². The largest absolute Gasteiger partial charge is 0.331 e. The lowest BCUT2D eigenvalue weighted by Crippen LogP contribution is -2.42. The quantitative estimate of drug-likeness (QED) is 0.882. The van der Waals surface area contributed by atoms with Crippen LogP contribution in [0, 0.1) is 12.8 Å². The molecular weight excluding hydrogens is 326 g/mol. The number of nitrogens with one attached hydrogen (secondary N) is 1. The lowest BCUT2D eigenvalue weighted by Gasteiger charge is -2.29. The Balaban J connectivity index is 0.00000169. The normalized spacial score (nSPS) is 22.8. The monoisotopic (exact) mass is 353 g/mol. The fourth-order valence-corrected chi connectivity index (χ4v) is 3.90. The maximum absolute atomic E-state index is 13.1. The third-order valence-electron chi connectivity index (χ3n) is 5.70. The SMILES string of the molecule is Cc1c(C(=O)N(C2CC2)C(C)C2CC2)nnn1C1CCNCC1.Cl. The zero-order chi connectivity index (χ0) is 16.0. The molecule has 3 fully saturated rings. The molecule has 1 aromatic rings. The van der Waals surface area contributed by atoms with E-state index in [4.69, 9.17) is 0 Å². The summed E-state index contributed by atoms with van der Waals surface area (Å²) in [5, 5.41) is 12.0. The summed E-state index contributed by atoms with van der Waals surface area (Å²) >= 11 is 0. The Hall–Kier alpha value is -1.14. The van der Waals surface area contributed by atoms with Crippen LogP contribution in [0.4, 0.5) is 0 Å². The molecule has 0 aromatic carbocycles. The Bertz CT molecular complexity index is 590. The van der Waals surface area contributed by atoms with Crippen molar-refractivity contribution in [2.75, 3.05) is 13.1 Å². The van der Waals surface area contributed by atoms with Gasteiger partial charge in [0.2, 0.25) is 0 Å². The first-order valence-corrected chi connectivity index (χ1v) is 9.12. The third-order valence-corrected chi connectivity index (χ3v) is 5.70. The second-order valence-corrected chi connectivity index (χ2v) is 7.47. The van der Waals surface area contributed by atoms with Crippen LogP contribution in [0.5, 0.6) is 0 Å². The number of piperidine rings is 1. The van der Waals surface area contributed by atoms with E-state index in [9.17, 15) is 4.79 Å². The Morgan fingerprint density at radius 3 is 2.46 bits per heavy atom. The second-order valence-electron chi connectivity index (χ2n) is 7.47. The topological polar surface area (TPSA) is 63.1 Å². The highest BCUT2D eigenvalue weighted by molar-refractivity contribution is 5.94. The fraction of sp³-hybridized carbons (Fsp3) is 0.824. The predicted octanol–water partition coefficient (Wildman–Crippen LogP) is 2.34. The molecule has 1 atom stereocenters. The highest BCUT2D eigenvalue weighted by Gasteiger charge is 2.43. The van der Waals surface area contributed by atoms with Crippen LogP contribution in [0.15, 0.2) is 0 Å². The number of hydrogen-bond acceptors (Lipinski definition) is 4. The highest BCUT2D eigenvalue weighted by Crippen LogP contribution is 2.40. The van der Waals surface area contributed by atoms with Crippen molar-refractivity contribution in [3.63, 3.8) is 0 Å². The molecule has 2 aliphatic carbocycles. The number of rotatable bonds is 5. The minimum atomic E-state index is 0. The van der Waals surface area contributed by atoms with Crippen LogP contribution in [0.2, 0.25) is 0 Å². The molecule has 0 radical (unpaired) electrons. The maximum Gasteiger partial charge on any atom is 0.276 e. The molecule has 4 rings (SSSR count). The molecule has 1 saturated heterocycles. The predicted molar refractivity (Wildman–Crippen MR) is 94.5 cm³/mol. The molecule has 1 amide bonds. The Morgan fingerprint density at radius 1 is 1.21 bits per heavy atom. The summed E-state index contributed by atoms with van der Waals surface area (Å²) < 4.78 is 1.99. The highest BCUT2D eigenvalue weighted by atomic mass is 35.5. The van der Waals surface area contributed by atoms with Gasteiger partial charge in [-0.3, -0.25) is 4.79 Å². The average molecular weight is 354 g/mol. The smallest absolute Gasteiger partial charge is 0.276 e. The van der Waals surface area contributed by atoms with E-state index in [1.54, 1.807) is 0 Å². The third kappa shape index (κ3) is 3.31. The summed E-state index contributed by atoms with van der Waals surface area (Å²) in [6.45, 7) is 6.24. The number of amides is 1. The van der Waals surface area contributed by atoms with E-state index >= 15 is 0 Å². The summed E-state index contributed by atoms with van der Waals surface area (Å²) in [6.07, 6.45) is 6.93. The molecule has 134 valence electrons. The van der Waals surface area contributed by atoms with Crippen LogP contribution in [0.1, 0.15) is 67.7 Å². The first-order chi connectivity index (χ1) is 11.2. The Labute approximate surface area is 149 Å². The van der Waals surface area contributed by atoms with Crippen molar-refractivity contribution in [1.29, 1.82) is 0 Å².